The Hall–Kier alpha value is -2.19. The van der Waals surface area contributed by atoms with Gasteiger partial charge in [-0.1, -0.05) is 18.5 Å². The van der Waals surface area contributed by atoms with Crippen LogP contribution in [-0.2, 0) is 11.3 Å². The van der Waals surface area contributed by atoms with Crippen LogP contribution in [0.5, 0.6) is 0 Å². The van der Waals surface area contributed by atoms with Gasteiger partial charge in [0.2, 0.25) is 5.91 Å². The van der Waals surface area contributed by atoms with Crippen LogP contribution in [0.15, 0.2) is 23.3 Å². The zero-order chi connectivity index (χ0) is 19.1. The highest BCUT2D eigenvalue weighted by Gasteiger charge is 2.38. The lowest BCUT2D eigenvalue weighted by Crippen LogP contribution is -2.42. The summed E-state index contributed by atoms with van der Waals surface area (Å²) in [4.78, 5) is 31.8. The molecule has 27 heavy (non-hydrogen) atoms. The molecule has 2 aromatic rings. The number of hydrogen-bond acceptors (Lipinski definition) is 5. The fourth-order valence-electron chi connectivity index (χ4n) is 3.93. The van der Waals surface area contributed by atoms with Crippen molar-refractivity contribution >= 4 is 17.5 Å². The van der Waals surface area contributed by atoms with Crippen LogP contribution in [0, 0.1) is 5.92 Å². The lowest BCUT2D eigenvalue weighted by atomic mass is 10.0. The number of amides is 1. The van der Waals surface area contributed by atoms with E-state index in [0.29, 0.717) is 36.9 Å². The highest BCUT2D eigenvalue weighted by Crippen LogP contribution is 2.31. The van der Waals surface area contributed by atoms with Crippen LogP contribution < -0.4 is 5.69 Å². The Morgan fingerprint density at radius 1 is 1.33 bits per heavy atom. The fourth-order valence-corrected chi connectivity index (χ4v) is 4.13. The van der Waals surface area contributed by atoms with Gasteiger partial charge in [0.05, 0.1) is 11.6 Å². The van der Waals surface area contributed by atoms with Crippen LogP contribution in [0.3, 0.4) is 0 Å². The van der Waals surface area contributed by atoms with E-state index in [9.17, 15) is 14.7 Å². The Morgan fingerprint density at radius 3 is 2.85 bits per heavy atom. The Morgan fingerprint density at radius 2 is 2.15 bits per heavy atom. The molecule has 0 radical (unpaired) electrons. The number of aliphatic hydroxyl groups excluding tert-OH is 1. The number of pyridine rings is 1. The van der Waals surface area contributed by atoms with Crippen molar-refractivity contribution < 1.29 is 9.90 Å². The van der Waals surface area contributed by atoms with E-state index in [1.807, 2.05) is 4.90 Å². The molecule has 2 aliphatic heterocycles. The van der Waals surface area contributed by atoms with Crippen LogP contribution in [0.4, 0.5) is 0 Å². The predicted molar refractivity (Wildman–Crippen MR) is 98.4 cm³/mol. The van der Waals surface area contributed by atoms with Gasteiger partial charge in [-0.2, -0.15) is 5.10 Å². The van der Waals surface area contributed by atoms with Crippen LogP contribution in [0.1, 0.15) is 49.7 Å². The topological polar surface area (TPSA) is 93.2 Å². The zero-order valence-electron chi connectivity index (χ0n) is 15.1. The number of likely N-dealkylation sites (tertiary alicyclic amines) is 1. The van der Waals surface area contributed by atoms with E-state index < -0.39 is 17.8 Å². The summed E-state index contributed by atoms with van der Waals surface area (Å²) in [6.07, 6.45) is 4.10. The highest BCUT2D eigenvalue weighted by molar-refractivity contribution is 6.30. The maximum Gasteiger partial charge on any atom is 0.347 e. The first-order chi connectivity index (χ1) is 12.9. The first-order valence-corrected chi connectivity index (χ1v) is 9.57. The van der Waals surface area contributed by atoms with Crippen molar-refractivity contribution in [2.75, 3.05) is 13.1 Å². The fraction of sp³-hybridized carbons (Fsp3) is 0.556. The Bertz CT molecular complexity index is 924. The molecule has 9 heteroatoms. The first kappa shape index (κ1) is 18.2. The second kappa shape index (κ2) is 7.09. The lowest BCUT2D eigenvalue weighted by molar-refractivity contribution is -0.135. The van der Waals surface area contributed by atoms with Gasteiger partial charge in [-0.25, -0.2) is 9.48 Å². The van der Waals surface area contributed by atoms with Crippen LogP contribution in [0.25, 0.3) is 0 Å². The van der Waals surface area contributed by atoms with Gasteiger partial charge < -0.3 is 10.0 Å². The first-order valence-electron chi connectivity index (χ1n) is 9.19. The molecule has 0 bridgehead atoms. The number of aliphatic hydroxyl groups is 1. The van der Waals surface area contributed by atoms with E-state index in [1.54, 1.807) is 12.3 Å². The predicted octanol–water partition coefficient (Wildman–Crippen LogP) is 1.38. The molecule has 4 rings (SSSR count). The molecule has 8 nitrogen and oxygen atoms in total. The second-order valence-corrected chi connectivity index (χ2v) is 7.90. The summed E-state index contributed by atoms with van der Waals surface area (Å²) in [5.74, 6) is 0.669. The third-order valence-electron chi connectivity index (χ3n) is 5.33. The summed E-state index contributed by atoms with van der Waals surface area (Å²) in [5.41, 5.74) is 0.333. The molecule has 1 N–H and O–H groups in total. The van der Waals surface area contributed by atoms with Gasteiger partial charge in [0.1, 0.15) is 12.1 Å². The molecule has 1 amide bonds. The van der Waals surface area contributed by atoms with E-state index in [4.69, 9.17) is 11.6 Å². The van der Waals surface area contributed by atoms with Crippen molar-refractivity contribution in [3.63, 3.8) is 0 Å². The number of carbonyl (C=O) groups excluding carboxylic acids is 1. The normalized spacial score (nSPS) is 24.9. The van der Waals surface area contributed by atoms with Crippen LogP contribution in [-0.4, -0.2) is 48.3 Å². The van der Waals surface area contributed by atoms with Gasteiger partial charge in [-0.15, -0.1) is 0 Å². The van der Waals surface area contributed by atoms with Crippen molar-refractivity contribution in [3.05, 3.63) is 45.4 Å². The highest BCUT2D eigenvalue weighted by atomic mass is 35.5. The second-order valence-electron chi connectivity index (χ2n) is 7.47. The van der Waals surface area contributed by atoms with Crippen molar-refractivity contribution in [3.8, 4) is 0 Å². The number of rotatable bonds is 3. The van der Waals surface area contributed by atoms with Crippen molar-refractivity contribution in [1.29, 1.82) is 0 Å². The molecule has 2 aliphatic rings. The van der Waals surface area contributed by atoms with E-state index in [1.165, 1.54) is 15.4 Å². The molecule has 0 aliphatic carbocycles. The SMILES string of the molecule is C[C@H]1CCN(C(=O)[C@@H]2CCC(O)c3nn(Cc4cncc(Cl)c4)c(=O)n32)C1. The standard InChI is InChI=1S/C18H22ClN5O3/c1-11-4-5-22(9-11)17(26)14-2-3-15(25)16-21-23(18(27)24(14)16)10-12-6-13(19)8-20-7-12/h6-8,11,14-15,25H,2-5,9-10H2,1H3/t11-,14-,15?/m0/s1. The maximum absolute atomic E-state index is 13.0. The number of hydrogen-bond donors (Lipinski definition) is 1. The van der Waals surface area contributed by atoms with Crippen LogP contribution >= 0.6 is 11.6 Å². The monoisotopic (exact) mass is 391 g/mol. The number of aromatic nitrogens is 4. The van der Waals surface area contributed by atoms with E-state index in [2.05, 4.69) is 17.0 Å². The third kappa shape index (κ3) is 3.39. The average Bonchev–Trinajstić information content (AvgIpc) is 3.20. The minimum atomic E-state index is -0.849. The Kier molecular flexibility index (Phi) is 4.77. The minimum Gasteiger partial charge on any atom is -0.385 e. The molecule has 4 heterocycles. The number of carbonyl (C=O) groups is 1. The van der Waals surface area contributed by atoms with Gasteiger partial charge >= 0.3 is 5.69 Å². The largest absolute Gasteiger partial charge is 0.385 e. The molecular weight excluding hydrogens is 370 g/mol. The number of halogens is 1. The average molecular weight is 392 g/mol. The van der Waals surface area contributed by atoms with Gasteiger partial charge in [0.15, 0.2) is 5.82 Å². The van der Waals surface area contributed by atoms with E-state index >= 15 is 0 Å². The molecule has 3 atom stereocenters. The summed E-state index contributed by atoms with van der Waals surface area (Å²) in [6, 6.07) is 1.11. The van der Waals surface area contributed by atoms with E-state index in [0.717, 1.165) is 12.0 Å². The lowest BCUT2D eigenvalue weighted by Gasteiger charge is -2.29. The number of fused-ring (bicyclic) bond motifs is 1. The van der Waals surface area contributed by atoms with Gasteiger partial charge in [-0.05, 0) is 36.8 Å². The van der Waals surface area contributed by atoms with Crippen molar-refractivity contribution in [2.24, 2.45) is 5.92 Å². The third-order valence-corrected chi connectivity index (χ3v) is 5.54. The summed E-state index contributed by atoms with van der Waals surface area (Å²) in [7, 11) is 0. The zero-order valence-corrected chi connectivity index (χ0v) is 15.8. The summed E-state index contributed by atoms with van der Waals surface area (Å²) < 4.78 is 2.64. The van der Waals surface area contributed by atoms with Gasteiger partial charge in [0, 0.05) is 25.5 Å². The molecule has 1 unspecified atom stereocenters. The quantitative estimate of drug-likeness (QED) is 0.853. The van der Waals surface area contributed by atoms with Gasteiger partial charge in [0.25, 0.3) is 0 Å². The summed E-state index contributed by atoms with van der Waals surface area (Å²) >= 11 is 5.96. The maximum atomic E-state index is 13.0. The van der Waals surface area contributed by atoms with Gasteiger partial charge in [-0.3, -0.25) is 14.3 Å². The number of nitrogens with zero attached hydrogens (tertiary/aromatic N) is 5. The Labute approximate surface area is 161 Å². The summed E-state index contributed by atoms with van der Waals surface area (Å²) in [6.45, 7) is 3.73. The molecule has 0 saturated carbocycles. The van der Waals surface area contributed by atoms with Crippen molar-refractivity contribution in [1.82, 2.24) is 24.2 Å². The Balaban J connectivity index is 1.67. The van der Waals surface area contributed by atoms with E-state index in [-0.39, 0.29) is 18.3 Å². The van der Waals surface area contributed by atoms with Crippen molar-refractivity contribution in [2.45, 2.75) is 44.9 Å². The molecule has 144 valence electrons. The molecular formula is C18H22ClN5O3. The molecule has 0 aromatic carbocycles. The molecule has 0 spiro atoms. The molecule has 2 aromatic heterocycles. The summed E-state index contributed by atoms with van der Waals surface area (Å²) in [5, 5.41) is 15.1. The smallest absolute Gasteiger partial charge is 0.347 e. The molecule has 1 saturated heterocycles. The van der Waals surface area contributed by atoms with Crippen LogP contribution in [0.2, 0.25) is 5.02 Å². The molecule has 1 fully saturated rings. The minimum absolute atomic E-state index is 0.0569.